The Morgan fingerprint density at radius 1 is 1.62 bits per heavy atom. The van der Waals surface area contributed by atoms with E-state index in [1.54, 1.807) is 24.3 Å². The van der Waals surface area contributed by atoms with E-state index in [1.807, 2.05) is 0 Å². The van der Waals surface area contributed by atoms with Gasteiger partial charge in [0, 0.05) is 10.9 Å². The van der Waals surface area contributed by atoms with Gasteiger partial charge in [0.2, 0.25) is 0 Å². The maximum absolute atomic E-state index is 13.9. The topological polar surface area (TPSA) is 26.0 Å². The molecule has 0 unspecified atom stereocenters. The molecule has 3 heteroatoms. The molecule has 0 bridgehead atoms. The normalized spacial score (nSPS) is 31.8. The number of rotatable bonds is 2. The molecule has 1 aromatic carbocycles. The van der Waals surface area contributed by atoms with E-state index >= 15 is 0 Å². The van der Waals surface area contributed by atoms with Gasteiger partial charge in [-0.25, -0.2) is 4.39 Å². The van der Waals surface area contributed by atoms with E-state index < -0.39 is 5.67 Å². The molecular formula is C10H11ClFN. The number of alkyl halides is 1. The van der Waals surface area contributed by atoms with Gasteiger partial charge in [-0.15, -0.1) is 0 Å². The fourth-order valence-corrected chi connectivity index (χ4v) is 1.86. The van der Waals surface area contributed by atoms with Crippen molar-refractivity contribution >= 4 is 11.6 Å². The third-order valence-electron chi connectivity index (χ3n) is 2.62. The lowest BCUT2D eigenvalue weighted by atomic mass is 10.1. The first-order valence-electron chi connectivity index (χ1n) is 4.32. The van der Waals surface area contributed by atoms with Crippen molar-refractivity contribution in [2.45, 2.75) is 12.1 Å². The number of hydrogen-bond donors (Lipinski definition) is 1. The van der Waals surface area contributed by atoms with Crippen molar-refractivity contribution in [1.29, 1.82) is 0 Å². The largest absolute Gasteiger partial charge is 0.330 e. The second kappa shape index (κ2) is 2.96. The Morgan fingerprint density at radius 2 is 2.38 bits per heavy atom. The molecule has 0 aromatic heterocycles. The first-order chi connectivity index (χ1) is 6.16. The Morgan fingerprint density at radius 3 is 2.92 bits per heavy atom. The van der Waals surface area contributed by atoms with E-state index in [2.05, 4.69) is 0 Å². The number of nitrogens with two attached hydrogens (primary N) is 1. The minimum atomic E-state index is -1.21. The van der Waals surface area contributed by atoms with Gasteiger partial charge in [0.25, 0.3) is 0 Å². The molecule has 2 atom stereocenters. The zero-order valence-corrected chi connectivity index (χ0v) is 7.89. The Hall–Kier alpha value is -0.600. The van der Waals surface area contributed by atoms with Gasteiger partial charge in [0.15, 0.2) is 0 Å². The molecule has 0 radical (unpaired) electrons. The zero-order valence-electron chi connectivity index (χ0n) is 7.13. The van der Waals surface area contributed by atoms with Crippen LogP contribution in [0.2, 0.25) is 5.02 Å². The molecule has 1 fully saturated rings. The predicted octanol–water partition coefficient (Wildman–Crippen LogP) is 2.48. The van der Waals surface area contributed by atoms with Crippen LogP contribution in [0.1, 0.15) is 12.0 Å². The molecule has 0 heterocycles. The molecular weight excluding hydrogens is 189 g/mol. The van der Waals surface area contributed by atoms with Crippen LogP contribution in [0.4, 0.5) is 4.39 Å². The third-order valence-corrected chi connectivity index (χ3v) is 2.85. The highest BCUT2D eigenvalue weighted by Gasteiger charge is 2.55. The van der Waals surface area contributed by atoms with Crippen LogP contribution in [-0.2, 0) is 5.67 Å². The van der Waals surface area contributed by atoms with Crippen molar-refractivity contribution in [3.05, 3.63) is 34.9 Å². The summed E-state index contributed by atoms with van der Waals surface area (Å²) in [5.41, 5.74) is 4.87. The smallest absolute Gasteiger partial charge is 0.140 e. The summed E-state index contributed by atoms with van der Waals surface area (Å²) in [5, 5.41) is 0.581. The summed E-state index contributed by atoms with van der Waals surface area (Å²) in [4.78, 5) is 0. The highest BCUT2D eigenvalue weighted by Crippen LogP contribution is 2.55. The molecule has 2 N–H and O–H groups in total. The fraction of sp³-hybridized carbons (Fsp3) is 0.400. The lowest BCUT2D eigenvalue weighted by molar-refractivity contribution is 0.288. The summed E-state index contributed by atoms with van der Waals surface area (Å²) in [5.74, 6) is -0.0223. The summed E-state index contributed by atoms with van der Waals surface area (Å²) >= 11 is 5.77. The molecule has 1 aromatic rings. The molecule has 1 aliphatic carbocycles. The van der Waals surface area contributed by atoms with Crippen LogP contribution < -0.4 is 5.73 Å². The van der Waals surface area contributed by atoms with Crippen LogP contribution >= 0.6 is 11.6 Å². The second-order valence-corrected chi connectivity index (χ2v) is 3.95. The van der Waals surface area contributed by atoms with Gasteiger partial charge < -0.3 is 5.73 Å². The standard InChI is InChI=1S/C10H11ClFN/c11-9-3-1-2-7(4-9)10(12)5-8(10)6-13/h1-4,8H,5-6,13H2/t8-,10+/m0/s1. The highest BCUT2D eigenvalue weighted by atomic mass is 35.5. The Labute approximate surface area is 81.7 Å². The van der Waals surface area contributed by atoms with Crippen LogP contribution in [0.5, 0.6) is 0 Å². The predicted molar refractivity (Wildman–Crippen MR) is 51.4 cm³/mol. The van der Waals surface area contributed by atoms with Crippen molar-refractivity contribution in [2.75, 3.05) is 6.54 Å². The monoisotopic (exact) mass is 199 g/mol. The number of hydrogen-bond acceptors (Lipinski definition) is 1. The molecule has 13 heavy (non-hydrogen) atoms. The summed E-state index contributed by atoms with van der Waals surface area (Å²) in [6, 6.07) is 6.96. The van der Waals surface area contributed by atoms with Crippen LogP contribution in [0.3, 0.4) is 0 Å². The first-order valence-corrected chi connectivity index (χ1v) is 4.69. The fourth-order valence-electron chi connectivity index (χ4n) is 1.67. The van der Waals surface area contributed by atoms with Gasteiger partial charge in [-0.3, -0.25) is 0 Å². The summed E-state index contributed by atoms with van der Waals surface area (Å²) in [6.07, 6.45) is 0.532. The minimum absolute atomic E-state index is 0.0223. The number of benzene rings is 1. The van der Waals surface area contributed by atoms with Gasteiger partial charge in [-0.1, -0.05) is 23.7 Å². The van der Waals surface area contributed by atoms with E-state index in [-0.39, 0.29) is 5.92 Å². The SMILES string of the molecule is NC[C@@H]1C[C@@]1(F)c1cccc(Cl)c1. The zero-order chi connectivity index (χ0) is 9.47. The van der Waals surface area contributed by atoms with Gasteiger partial charge >= 0.3 is 0 Å². The van der Waals surface area contributed by atoms with Crippen molar-refractivity contribution in [1.82, 2.24) is 0 Å². The van der Waals surface area contributed by atoms with E-state index in [1.165, 1.54) is 0 Å². The maximum Gasteiger partial charge on any atom is 0.140 e. The van der Waals surface area contributed by atoms with Crippen LogP contribution in [0.15, 0.2) is 24.3 Å². The Balaban J connectivity index is 2.27. The average molecular weight is 200 g/mol. The van der Waals surface area contributed by atoms with Crippen LogP contribution in [0, 0.1) is 5.92 Å². The maximum atomic E-state index is 13.9. The Bertz CT molecular complexity index is 328. The Kier molecular flexibility index (Phi) is 2.05. The third kappa shape index (κ3) is 1.45. The second-order valence-electron chi connectivity index (χ2n) is 3.51. The summed E-state index contributed by atoms with van der Waals surface area (Å²) in [6.45, 7) is 0.406. The molecule has 0 aliphatic heterocycles. The molecule has 0 saturated heterocycles. The quantitative estimate of drug-likeness (QED) is 0.778. The van der Waals surface area contributed by atoms with Crippen LogP contribution in [-0.4, -0.2) is 6.54 Å². The lowest BCUT2D eigenvalue weighted by Crippen LogP contribution is -2.10. The molecule has 70 valence electrons. The molecule has 0 spiro atoms. The molecule has 1 aliphatic rings. The molecule has 0 amide bonds. The summed E-state index contributed by atoms with van der Waals surface area (Å²) in [7, 11) is 0. The lowest BCUT2D eigenvalue weighted by Gasteiger charge is -2.07. The average Bonchev–Trinajstić information content (AvgIpc) is 2.79. The first kappa shape index (κ1) is 8.97. The van der Waals surface area contributed by atoms with Crippen molar-refractivity contribution in [3.63, 3.8) is 0 Å². The van der Waals surface area contributed by atoms with Crippen molar-refractivity contribution < 1.29 is 4.39 Å². The molecule has 1 saturated carbocycles. The van der Waals surface area contributed by atoms with E-state index in [0.717, 1.165) is 0 Å². The van der Waals surface area contributed by atoms with Gasteiger partial charge in [0.1, 0.15) is 5.67 Å². The van der Waals surface area contributed by atoms with Gasteiger partial charge in [0.05, 0.1) is 0 Å². The van der Waals surface area contributed by atoms with E-state index in [4.69, 9.17) is 17.3 Å². The van der Waals surface area contributed by atoms with E-state index in [9.17, 15) is 4.39 Å². The molecule has 1 nitrogen and oxygen atoms in total. The minimum Gasteiger partial charge on any atom is -0.330 e. The van der Waals surface area contributed by atoms with Crippen molar-refractivity contribution in [3.8, 4) is 0 Å². The van der Waals surface area contributed by atoms with Gasteiger partial charge in [-0.05, 0) is 30.7 Å². The van der Waals surface area contributed by atoms with Crippen molar-refractivity contribution in [2.24, 2.45) is 11.7 Å². The van der Waals surface area contributed by atoms with E-state index in [0.29, 0.717) is 23.6 Å². The highest BCUT2D eigenvalue weighted by molar-refractivity contribution is 6.30. The van der Waals surface area contributed by atoms with Gasteiger partial charge in [-0.2, -0.15) is 0 Å². The van der Waals surface area contributed by atoms with Crippen LogP contribution in [0.25, 0.3) is 0 Å². The molecule has 2 rings (SSSR count). The number of halogens is 2. The summed E-state index contributed by atoms with van der Waals surface area (Å²) < 4.78 is 13.9.